The highest BCUT2D eigenvalue weighted by Gasteiger charge is 2.25. The van der Waals surface area contributed by atoms with Crippen molar-refractivity contribution in [3.05, 3.63) is 65.0 Å². The van der Waals surface area contributed by atoms with Crippen LogP contribution in [0.5, 0.6) is 5.75 Å². The van der Waals surface area contributed by atoms with Crippen molar-refractivity contribution in [1.82, 2.24) is 4.90 Å². The van der Waals surface area contributed by atoms with Crippen LogP contribution in [0.15, 0.2) is 42.5 Å². The number of ether oxygens (including phenoxy) is 1. The van der Waals surface area contributed by atoms with Gasteiger partial charge in [-0.2, -0.15) is 0 Å². The summed E-state index contributed by atoms with van der Waals surface area (Å²) in [7, 11) is 1.66. The van der Waals surface area contributed by atoms with Gasteiger partial charge >= 0.3 is 0 Å². The second-order valence-electron chi connectivity index (χ2n) is 6.53. The van der Waals surface area contributed by atoms with Gasteiger partial charge in [-0.05, 0) is 48.9 Å². The van der Waals surface area contributed by atoms with E-state index in [1.165, 1.54) is 16.5 Å². The largest absolute Gasteiger partial charge is 0.497 e. The lowest BCUT2D eigenvalue weighted by atomic mass is 10.1. The molecule has 0 saturated carbocycles. The molecule has 1 aliphatic rings. The zero-order valence-corrected chi connectivity index (χ0v) is 14.7. The number of hydrogen-bond acceptors (Lipinski definition) is 2. The average molecular weight is 343 g/mol. The van der Waals surface area contributed by atoms with Crippen LogP contribution in [0.3, 0.4) is 0 Å². The molecule has 0 bridgehead atoms. The fraction of sp³-hybridized carbons (Fsp3) is 0.350. The van der Waals surface area contributed by atoms with Gasteiger partial charge in [0, 0.05) is 11.1 Å². The van der Waals surface area contributed by atoms with Gasteiger partial charge in [-0.25, -0.2) is 4.39 Å². The van der Waals surface area contributed by atoms with Crippen LogP contribution in [-0.2, 0) is 6.54 Å². The van der Waals surface area contributed by atoms with Crippen LogP contribution < -0.4 is 9.64 Å². The highest BCUT2D eigenvalue weighted by Crippen LogP contribution is 2.12. The van der Waals surface area contributed by atoms with E-state index in [4.69, 9.17) is 4.74 Å². The Morgan fingerprint density at radius 2 is 1.84 bits per heavy atom. The molecule has 1 saturated heterocycles. The number of hydrogen-bond donors (Lipinski definition) is 1. The maximum absolute atomic E-state index is 13.7. The van der Waals surface area contributed by atoms with E-state index in [1.54, 1.807) is 26.2 Å². The van der Waals surface area contributed by atoms with Crippen LogP contribution in [0.2, 0.25) is 0 Å². The molecule has 0 atom stereocenters. The summed E-state index contributed by atoms with van der Waals surface area (Å²) in [6.45, 7) is 5.81. The second kappa shape index (κ2) is 7.66. The molecule has 3 rings (SSSR count). The number of benzene rings is 2. The van der Waals surface area contributed by atoms with Crippen molar-refractivity contribution in [2.45, 2.75) is 13.5 Å². The lowest BCUT2D eigenvalue weighted by Crippen LogP contribution is -3.13. The third-order valence-corrected chi connectivity index (χ3v) is 4.79. The minimum absolute atomic E-state index is 0.0811. The van der Waals surface area contributed by atoms with Crippen molar-refractivity contribution in [3.63, 3.8) is 0 Å². The standard InChI is InChI=1S/C20H23FN2O2/c1-15-3-6-17(13-19(15)21)20(24)23-11-9-22(10-12-23)14-16-4-7-18(25-2)8-5-16/h3-8,13H,9-12,14H2,1-2H3/p+1. The Hall–Kier alpha value is -2.40. The SMILES string of the molecule is COc1ccc(C[NH+]2CCN(C(=O)c3ccc(C)c(F)c3)CC2)cc1. The van der Waals surface area contributed by atoms with Crippen LogP contribution in [0.4, 0.5) is 4.39 Å². The number of aryl methyl sites for hydroxylation is 1. The van der Waals surface area contributed by atoms with E-state index in [2.05, 4.69) is 12.1 Å². The zero-order chi connectivity index (χ0) is 17.8. The number of carbonyl (C=O) groups excluding carboxylic acids is 1. The topological polar surface area (TPSA) is 34.0 Å². The van der Waals surface area contributed by atoms with Crippen molar-refractivity contribution in [1.29, 1.82) is 0 Å². The summed E-state index contributed by atoms with van der Waals surface area (Å²) in [5, 5.41) is 0. The Balaban J connectivity index is 1.55. The van der Waals surface area contributed by atoms with Gasteiger partial charge in [-0.3, -0.25) is 4.79 Å². The molecule has 1 N–H and O–H groups in total. The fourth-order valence-corrected chi connectivity index (χ4v) is 3.14. The highest BCUT2D eigenvalue weighted by molar-refractivity contribution is 5.94. The van der Waals surface area contributed by atoms with Crippen LogP contribution >= 0.6 is 0 Å². The normalized spacial score (nSPS) is 15.2. The monoisotopic (exact) mass is 343 g/mol. The Morgan fingerprint density at radius 3 is 2.44 bits per heavy atom. The third kappa shape index (κ3) is 4.17. The molecule has 0 radical (unpaired) electrons. The summed E-state index contributed by atoms with van der Waals surface area (Å²) in [4.78, 5) is 15.8. The van der Waals surface area contributed by atoms with Crippen molar-refractivity contribution >= 4 is 5.91 Å². The number of nitrogens with one attached hydrogen (secondary N) is 1. The van der Waals surface area contributed by atoms with Gasteiger partial charge in [-0.1, -0.05) is 6.07 Å². The predicted molar refractivity (Wildman–Crippen MR) is 94.4 cm³/mol. The molecule has 0 unspecified atom stereocenters. The van der Waals surface area contributed by atoms with Gasteiger partial charge in [0.2, 0.25) is 0 Å². The van der Waals surface area contributed by atoms with Gasteiger partial charge in [0.25, 0.3) is 5.91 Å². The molecule has 5 heteroatoms. The first-order valence-electron chi connectivity index (χ1n) is 8.59. The number of amides is 1. The predicted octanol–water partition coefficient (Wildman–Crippen LogP) is 1.68. The van der Waals surface area contributed by atoms with Crippen LogP contribution in [0.25, 0.3) is 0 Å². The smallest absolute Gasteiger partial charge is 0.254 e. The summed E-state index contributed by atoms with van der Waals surface area (Å²) < 4.78 is 18.9. The van der Waals surface area contributed by atoms with E-state index < -0.39 is 0 Å². The van der Waals surface area contributed by atoms with Crippen LogP contribution in [-0.4, -0.2) is 44.1 Å². The van der Waals surface area contributed by atoms with E-state index in [-0.39, 0.29) is 11.7 Å². The van der Waals surface area contributed by atoms with E-state index in [0.717, 1.165) is 25.4 Å². The molecule has 132 valence electrons. The van der Waals surface area contributed by atoms with E-state index in [1.807, 2.05) is 17.0 Å². The second-order valence-corrected chi connectivity index (χ2v) is 6.53. The molecule has 0 aliphatic carbocycles. The molecular weight excluding hydrogens is 319 g/mol. The number of halogens is 1. The molecule has 0 spiro atoms. The van der Waals surface area contributed by atoms with E-state index in [0.29, 0.717) is 24.2 Å². The zero-order valence-electron chi connectivity index (χ0n) is 14.7. The van der Waals surface area contributed by atoms with Crippen molar-refractivity contribution in [2.24, 2.45) is 0 Å². The molecule has 1 heterocycles. The number of carbonyl (C=O) groups is 1. The lowest BCUT2D eigenvalue weighted by Gasteiger charge is -2.32. The summed E-state index contributed by atoms with van der Waals surface area (Å²) >= 11 is 0. The van der Waals surface area contributed by atoms with E-state index in [9.17, 15) is 9.18 Å². The average Bonchev–Trinajstić information content (AvgIpc) is 2.65. The highest BCUT2D eigenvalue weighted by atomic mass is 19.1. The van der Waals surface area contributed by atoms with Gasteiger partial charge in [0.15, 0.2) is 0 Å². The van der Waals surface area contributed by atoms with Gasteiger partial charge < -0.3 is 14.5 Å². The van der Waals surface area contributed by atoms with Crippen LogP contribution in [0.1, 0.15) is 21.5 Å². The lowest BCUT2D eigenvalue weighted by molar-refractivity contribution is -0.917. The number of methoxy groups -OCH3 is 1. The molecular formula is C20H24FN2O2+. The molecule has 1 fully saturated rings. The molecule has 2 aromatic carbocycles. The fourth-order valence-electron chi connectivity index (χ4n) is 3.14. The summed E-state index contributed by atoms with van der Waals surface area (Å²) in [6.07, 6.45) is 0. The Kier molecular flexibility index (Phi) is 5.34. The Bertz CT molecular complexity index is 738. The minimum Gasteiger partial charge on any atom is -0.497 e. The number of rotatable bonds is 4. The maximum Gasteiger partial charge on any atom is 0.254 e. The molecule has 2 aromatic rings. The number of piperazine rings is 1. The Labute approximate surface area is 147 Å². The van der Waals surface area contributed by atoms with Gasteiger partial charge in [0.05, 0.1) is 33.3 Å². The van der Waals surface area contributed by atoms with Crippen LogP contribution in [0, 0.1) is 12.7 Å². The summed E-state index contributed by atoms with van der Waals surface area (Å²) in [6, 6.07) is 12.8. The van der Waals surface area contributed by atoms with Gasteiger partial charge in [0.1, 0.15) is 18.1 Å². The Morgan fingerprint density at radius 1 is 1.16 bits per heavy atom. The van der Waals surface area contributed by atoms with Crippen molar-refractivity contribution in [3.8, 4) is 5.75 Å². The third-order valence-electron chi connectivity index (χ3n) is 4.79. The summed E-state index contributed by atoms with van der Waals surface area (Å²) in [5.41, 5.74) is 2.25. The first kappa shape index (κ1) is 17.4. The van der Waals surface area contributed by atoms with Crippen molar-refractivity contribution < 1.29 is 18.8 Å². The first-order chi connectivity index (χ1) is 12.1. The van der Waals surface area contributed by atoms with Gasteiger partial charge in [-0.15, -0.1) is 0 Å². The molecule has 0 aromatic heterocycles. The number of quaternary nitrogens is 1. The molecule has 1 amide bonds. The van der Waals surface area contributed by atoms with E-state index >= 15 is 0 Å². The maximum atomic E-state index is 13.7. The van der Waals surface area contributed by atoms with Crippen molar-refractivity contribution in [2.75, 3.05) is 33.3 Å². The molecule has 1 aliphatic heterocycles. The quantitative estimate of drug-likeness (QED) is 0.917. The molecule has 25 heavy (non-hydrogen) atoms. The summed E-state index contributed by atoms with van der Waals surface area (Å²) in [5.74, 6) is 0.455. The first-order valence-corrected chi connectivity index (χ1v) is 8.59. The molecule has 4 nitrogen and oxygen atoms in total. The minimum atomic E-state index is -0.324. The number of nitrogens with zero attached hydrogens (tertiary/aromatic N) is 1.